The summed E-state index contributed by atoms with van der Waals surface area (Å²) in [6, 6.07) is -0.380. The third kappa shape index (κ3) is 1.38. The largest absolute Gasteiger partial charge is 0.343 e. The van der Waals surface area contributed by atoms with Crippen molar-refractivity contribution in [3.8, 4) is 0 Å². The molecule has 2 amide bonds. The van der Waals surface area contributed by atoms with E-state index in [1.165, 1.54) is 6.42 Å². The van der Waals surface area contributed by atoms with Gasteiger partial charge in [0.1, 0.15) is 11.6 Å². The van der Waals surface area contributed by atoms with Crippen LogP contribution in [0, 0.1) is 0 Å². The maximum absolute atomic E-state index is 11.8. The Kier molecular flexibility index (Phi) is 2.21. The Labute approximate surface area is 83.4 Å². The highest BCUT2D eigenvalue weighted by Gasteiger charge is 2.45. The molecule has 0 aromatic rings. The first-order valence-corrected chi connectivity index (χ1v) is 5.27. The highest BCUT2D eigenvalue weighted by molar-refractivity contribution is 5.99. The van der Waals surface area contributed by atoms with Gasteiger partial charge in [-0.3, -0.25) is 9.59 Å². The fraction of sp³-hybridized carbons (Fsp3) is 0.800. The van der Waals surface area contributed by atoms with Crippen LogP contribution in [0.2, 0.25) is 0 Å². The molecule has 78 valence electrons. The van der Waals surface area contributed by atoms with Crippen molar-refractivity contribution in [2.45, 2.75) is 50.6 Å². The summed E-state index contributed by atoms with van der Waals surface area (Å²) in [6.07, 6.45) is 4.80. The molecule has 1 heterocycles. The maximum atomic E-state index is 11.8. The number of amides is 2. The topological polar surface area (TPSA) is 58.2 Å². The molecule has 1 spiro atoms. The molecule has 2 rings (SSSR count). The van der Waals surface area contributed by atoms with Gasteiger partial charge in [-0.05, 0) is 19.8 Å². The van der Waals surface area contributed by atoms with Gasteiger partial charge in [-0.1, -0.05) is 19.3 Å². The SMILES string of the molecule is C[C@H]1NC(=O)C2(CCCCC2)NC1=O. The van der Waals surface area contributed by atoms with Gasteiger partial charge in [-0.25, -0.2) is 0 Å². The Hall–Kier alpha value is -1.06. The molecule has 1 aliphatic carbocycles. The lowest BCUT2D eigenvalue weighted by atomic mass is 9.79. The van der Waals surface area contributed by atoms with E-state index in [0.29, 0.717) is 0 Å². The van der Waals surface area contributed by atoms with Gasteiger partial charge in [-0.2, -0.15) is 0 Å². The summed E-state index contributed by atoms with van der Waals surface area (Å²) >= 11 is 0. The first-order chi connectivity index (χ1) is 6.64. The van der Waals surface area contributed by atoms with Gasteiger partial charge in [0.05, 0.1) is 0 Å². The zero-order valence-corrected chi connectivity index (χ0v) is 8.43. The highest BCUT2D eigenvalue weighted by Crippen LogP contribution is 2.30. The third-order valence-corrected chi connectivity index (χ3v) is 3.25. The van der Waals surface area contributed by atoms with Crippen LogP contribution in [0.15, 0.2) is 0 Å². The summed E-state index contributed by atoms with van der Waals surface area (Å²) in [5.74, 6) is -0.0456. The number of hydrogen-bond donors (Lipinski definition) is 2. The van der Waals surface area contributed by atoms with Crippen molar-refractivity contribution in [3.05, 3.63) is 0 Å². The lowest BCUT2D eigenvalue weighted by molar-refractivity contribution is -0.142. The van der Waals surface area contributed by atoms with Crippen molar-refractivity contribution in [2.75, 3.05) is 0 Å². The molecule has 0 bridgehead atoms. The average Bonchev–Trinajstić information content (AvgIpc) is 2.17. The van der Waals surface area contributed by atoms with Crippen molar-refractivity contribution < 1.29 is 9.59 Å². The second-order valence-corrected chi connectivity index (χ2v) is 4.33. The van der Waals surface area contributed by atoms with Gasteiger partial charge >= 0.3 is 0 Å². The van der Waals surface area contributed by atoms with E-state index in [4.69, 9.17) is 0 Å². The summed E-state index contributed by atoms with van der Waals surface area (Å²) in [7, 11) is 0. The first-order valence-electron chi connectivity index (χ1n) is 5.27. The fourth-order valence-electron chi connectivity index (χ4n) is 2.31. The van der Waals surface area contributed by atoms with Crippen molar-refractivity contribution in [2.24, 2.45) is 0 Å². The minimum Gasteiger partial charge on any atom is -0.343 e. The van der Waals surface area contributed by atoms with E-state index >= 15 is 0 Å². The molecule has 14 heavy (non-hydrogen) atoms. The molecule has 0 radical (unpaired) electrons. The van der Waals surface area contributed by atoms with Crippen molar-refractivity contribution in [1.82, 2.24) is 10.6 Å². The zero-order chi connectivity index (χ0) is 10.2. The molecular weight excluding hydrogens is 180 g/mol. The Balaban J connectivity index is 2.17. The number of piperazine rings is 1. The quantitative estimate of drug-likeness (QED) is 0.586. The van der Waals surface area contributed by atoms with Gasteiger partial charge in [-0.15, -0.1) is 0 Å². The summed E-state index contributed by atoms with van der Waals surface area (Å²) < 4.78 is 0. The van der Waals surface area contributed by atoms with Gasteiger partial charge in [0.25, 0.3) is 0 Å². The van der Waals surface area contributed by atoms with Crippen LogP contribution in [0.3, 0.4) is 0 Å². The van der Waals surface area contributed by atoms with Crippen LogP contribution < -0.4 is 10.6 Å². The first kappa shape index (κ1) is 9.49. The van der Waals surface area contributed by atoms with Crippen LogP contribution in [0.5, 0.6) is 0 Å². The molecule has 2 fully saturated rings. The molecule has 2 aliphatic rings. The van der Waals surface area contributed by atoms with E-state index in [-0.39, 0.29) is 17.9 Å². The zero-order valence-electron chi connectivity index (χ0n) is 8.43. The normalized spacial score (nSPS) is 31.1. The second-order valence-electron chi connectivity index (χ2n) is 4.33. The van der Waals surface area contributed by atoms with E-state index in [9.17, 15) is 9.59 Å². The van der Waals surface area contributed by atoms with Crippen LogP contribution in [0.1, 0.15) is 39.0 Å². The molecule has 0 aromatic carbocycles. The molecule has 1 saturated carbocycles. The summed E-state index contributed by atoms with van der Waals surface area (Å²) in [5.41, 5.74) is -0.582. The predicted octanol–water partition coefficient (Wildman–Crippen LogP) is 0.324. The molecule has 0 unspecified atom stereocenters. The van der Waals surface area contributed by atoms with Crippen LogP contribution in [-0.2, 0) is 9.59 Å². The summed E-state index contributed by atoms with van der Waals surface area (Å²) in [5, 5.41) is 5.62. The van der Waals surface area contributed by atoms with E-state index in [2.05, 4.69) is 10.6 Å². The molecule has 1 atom stereocenters. The van der Waals surface area contributed by atoms with Crippen LogP contribution in [-0.4, -0.2) is 23.4 Å². The lowest BCUT2D eigenvalue weighted by Crippen LogP contribution is -2.69. The third-order valence-electron chi connectivity index (χ3n) is 3.25. The maximum Gasteiger partial charge on any atom is 0.246 e. The van der Waals surface area contributed by atoms with Crippen LogP contribution in [0.4, 0.5) is 0 Å². The second kappa shape index (κ2) is 3.26. The Morgan fingerprint density at radius 1 is 1.21 bits per heavy atom. The van der Waals surface area contributed by atoms with Gasteiger partial charge in [0.2, 0.25) is 11.8 Å². The Morgan fingerprint density at radius 3 is 2.50 bits per heavy atom. The number of rotatable bonds is 0. The number of carbonyl (C=O) groups excluding carboxylic acids is 2. The molecule has 1 aliphatic heterocycles. The number of nitrogens with one attached hydrogen (secondary N) is 2. The summed E-state index contributed by atoms with van der Waals surface area (Å²) in [4.78, 5) is 23.3. The standard InChI is InChI=1S/C10H16N2O2/c1-7-8(13)12-10(9(14)11-7)5-3-2-4-6-10/h7H,2-6H2,1H3,(H,11,14)(H,12,13)/t7-/m1/s1. The molecular formula is C10H16N2O2. The van der Waals surface area contributed by atoms with E-state index in [1.807, 2.05) is 0 Å². The van der Waals surface area contributed by atoms with E-state index in [0.717, 1.165) is 25.7 Å². The van der Waals surface area contributed by atoms with E-state index < -0.39 is 5.54 Å². The molecule has 0 aromatic heterocycles. The molecule has 1 saturated heterocycles. The van der Waals surface area contributed by atoms with Gasteiger partial charge in [0, 0.05) is 0 Å². The number of hydrogen-bond acceptors (Lipinski definition) is 2. The fourth-order valence-corrected chi connectivity index (χ4v) is 2.31. The Morgan fingerprint density at radius 2 is 1.86 bits per heavy atom. The van der Waals surface area contributed by atoms with Crippen LogP contribution in [0.25, 0.3) is 0 Å². The van der Waals surface area contributed by atoms with Crippen molar-refractivity contribution in [1.29, 1.82) is 0 Å². The Bertz CT molecular complexity index is 269. The minimum atomic E-state index is -0.582. The smallest absolute Gasteiger partial charge is 0.246 e. The van der Waals surface area contributed by atoms with Crippen molar-refractivity contribution >= 4 is 11.8 Å². The van der Waals surface area contributed by atoms with Gasteiger partial charge < -0.3 is 10.6 Å². The molecule has 4 heteroatoms. The monoisotopic (exact) mass is 196 g/mol. The summed E-state index contributed by atoms with van der Waals surface area (Å²) in [6.45, 7) is 1.71. The average molecular weight is 196 g/mol. The van der Waals surface area contributed by atoms with Crippen LogP contribution >= 0.6 is 0 Å². The number of carbonyl (C=O) groups is 2. The predicted molar refractivity (Wildman–Crippen MR) is 51.6 cm³/mol. The minimum absolute atomic E-state index is 0.00398. The van der Waals surface area contributed by atoms with Crippen molar-refractivity contribution in [3.63, 3.8) is 0 Å². The lowest BCUT2D eigenvalue weighted by Gasteiger charge is -2.41. The highest BCUT2D eigenvalue weighted by atomic mass is 16.2. The molecule has 4 nitrogen and oxygen atoms in total. The van der Waals surface area contributed by atoms with E-state index in [1.54, 1.807) is 6.92 Å². The molecule has 2 N–H and O–H groups in total. The van der Waals surface area contributed by atoms with Gasteiger partial charge in [0.15, 0.2) is 0 Å².